The van der Waals surface area contributed by atoms with Crippen molar-refractivity contribution in [3.8, 4) is 0 Å². The zero-order valence-electron chi connectivity index (χ0n) is 10.4. The first-order valence-electron chi connectivity index (χ1n) is 5.56. The van der Waals surface area contributed by atoms with Crippen molar-refractivity contribution in [2.45, 2.75) is 33.3 Å². The van der Waals surface area contributed by atoms with Crippen LogP contribution in [-0.4, -0.2) is 38.2 Å². The Balaban J connectivity index is 3.53. The van der Waals surface area contributed by atoms with Gasteiger partial charge in [-0.2, -0.15) is 0 Å². The summed E-state index contributed by atoms with van der Waals surface area (Å²) in [4.78, 5) is 21.8. The van der Waals surface area contributed by atoms with Crippen LogP contribution in [0.4, 0.5) is 9.59 Å². The van der Waals surface area contributed by atoms with E-state index in [1.54, 1.807) is 13.8 Å². The van der Waals surface area contributed by atoms with Gasteiger partial charge in [0, 0.05) is 6.42 Å². The number of hydrogen-bond acceptors (Lipinski definition) is 6. The molecule has 0 fully saturated rings. The predicted octanol–water partition coefficient (Wildman–Crippen LogP) is 2.32. The molecule has 1 atom stereocenters. The highest BCUT2D eigenvalue weighted by atomic mass is 16.7. The molecule has 99 valence electrons. The van der Waals surface area contributed by atoms with Crippen LogP contribution < -0.4 is 0 Å². The van der Waals surface area contributed by atoms with E-state index in [4.69, 9.17) is 9.47 Å². The normalized spacial score (nSPS) is 11.5. The minimum atomic E-state index is -0.746. The Bertz CT molecular complexity index is 228. The van der Waals surface area contributed by atoms with Gasteiger partial charge in [-0.25, -0.2) is 9.59 Å². The zero-order valence-corrected chi connectivity index (χ0v) is 10.4. The van der Waals surface area contributed by atoms with Crippen molar-refractivity contribution in [1.29, 1.82) is 0 Å². The SMILES string of the molecule is CCCOC(=O)OC[CH]C(C)OC(=O)OCC. The molecule has 0 aromatic heterocycles. The lowest BCUT2D eigenvalue weighted by molar-refractivity contribution is 0.0320. The van der Waals surface area contributed by atoms with Gasteiger partial charge in [0.15, 0.2) is 0 Å². The van der Waals surface area contributed by atoms with E-state index in [-0.39, 0.29) is 13.2 Å². The fourth-order valence-electron chi connectivity index (χ4n) is 0.830. The molecule has 0 aliphatic heterocycles. The molecule has 0 aliphatic carbocycles. The summed E-state index contributed by atoms with van der Waals surface area (Å²) in [5.41, 5.74) is 0. The van der Waals surface area contributed by atoms with Crippen LogP contribution in [0.3, 0.4) is 0 Å². The number of carbonyl (C=O) groups excluding carboxylic acids is 2. The van der Waals surface area contributed by atoms with Crippen LogP contribution in [0.1, 0.15) is 27.2 Å². The van der Waals surface area contributed by atoms with E-state index in [1.807, 2.05) is 6.92 Å². The second-order valence-corrected chi connectivity index (χ2v) is 3.15. The first-order chi connectivity index (χ1) is 8.10. The quantitative estimate of drug-likeness (QED) is 0.643. The standard InChI is InChI=1S/C11H19O6/c1-4-7-15-10(12)16-8-6-9(3)17-11(13)14-5-2/h6,9H,4-5,7-8H2,1-3H3. The third kappa shape index (κ3) is 9.47. The summed E-state index contributed by atoms with van der Waals surface area (Å²) < 4.78 is 18.8. The molecule has 0 amide bonds. The minimum Gasteiger partial charge on any atom is -0.435 e. The molecule has 1 unspecified atom stereocenters. The van der Waals surface area contributed by atoms with E-state index in [2.05, 4.69) is 9.47 Å². The van der Waals surface area contributed by atoms with Gasteiger partial charge >= 0.3 is 12.3 Å². The molecule has 0 aliphatic rings. The summed E-state index contributed by atoms with van der Waals surface area (Å²) in [6.07, 6.45) is 0.287. The van der Waals surface area contributed by atoms with E-state index in [0.29, 0.717) is 6.61 Å². The van der Waals surface area contributed by atoms with Gasteiger partial charge in [-0.05, 0) is 20.3 Å². The molecule has 0 bridgehead atoms. The topological polar surface area (TPSA) is 71.1 Å². The molecule has 0 aromatic rings. The maximum absolute atomic E-state index is 10.9. The first-order valence-corrected chi connectivity index (χ1v) is 5.56. The number of carbonyl (C=O) groups is 2. The van der Waals surface area contributed by atoms with Crippen molar-refractivity contribution in [2.24, 2.45) is 0 Å². The Morgan fingerprint density at radius 1 is 1.12 bits per heavy atom. The summed E-state index contributed by atoms with van der Waals surface area (Å²) in [7, 11) is 0. The minimum absolute atomic E-state index is 0.0170. The van der Waals surface area contributed by atoms with E-state index >= 15 is 0 Å². The molecular formula is C11H19O6. The lowest BCUT2D eigenvalue weighted by Gasteiger charge is -2.12. The van der Waals surface area contributed by atoms with Gasteiger partial charge in [-0.3, -0.25) is 0 Å². The molecule has 0 N–H and O–H groups in total. The second-order valence-electron chi connectivity index (χ2n) is 3.15. The van der Waals surface area contributed by atoms with Gasteiger partial charge in [-0.1, -0.05) is 6.92 Å². The summed E-state index contributed by atoms with van der Waals surface area (Å²) >= 11 is 0. The van der Waals surface area contributed by atoms with Crippen LogP contribution >= 0.6 is 0 Å². The van der Waals surface area contributed by atoms with E-state index in [9.17, 15) is 9.59 Å². The number of rotatable bonds is 7. The van der Waals surface area contributed by atoms with Gasteiger partial charge in [0.25, 0.3) is 0 Å². The Hall–Kier alpha value is -1.46. The summed E-state index contributed by atoms with van der Waals surface area (Å²) in [5, 5.41) is 0. The van der Waals surface area contributed by atoms with Gasteiger partial charge in [0.05, 0.1) is 13.2 Å². The fourth-order valence-corrected chi connectivity index (χ4v) is 0.830. The molecular weight excluding hydrogens is 228 g/mol. The highest BCUT2D eigenvalue weighted by molar-refractivity contribution is 5.60. The lowest BCUT2D eigenvalue weighted by Crippen LogP contribution is -2.19. The van der Waals surface area contributed by atoms with Crippen molar-refractivity contribution in [3.63, 3.8) is 0 Å². The number of hydrogen-bond donors (Lipinski definition) is 0. The highest BCUT2D eigenvalue weighted by Crippen LogP contribution is 2.00. The molecule has 0 saturated carbocycles. The largest absolute Gasteiger partial charge is 0.508 e. The van der Waals surface area contributed by atoms with E-state index in [1.165, 1.54) is 6.42 Å². The van der Waals surface area contributed by atoms with Crippen LogP contribution in [0, 0.1) is 6.42 Å². The first kappa shape index (κ1) is 15.5. The van der Waals surface area contributed by atoms with Crippen LogP contribution in [-0.2, 0) is 18.9 Å². The lowest BCUT2D eigenvalue weighted by atomic mass is 10.3. The predicted molar refractivity (Wildman–Crippen MR) is 59.5 cm³/mol. The average molecular weight is 247 g/mol. The molecule has 6 heteroatoms. The molecule has 0 aromatic carbocycles. The number of ether oxygens (including phenoxy) is 4. The smallest absolute Gasteiger partial charge is 0.435 e. The van der Waals surface area contributed by atoms with Crippen LogP contribution in [0.25, 0.3) is 0 Å². The van der Waals surface area contributed by atoms with Gasteiger partial charge in [0.2, 0.25) is 0 Å². The van der Waals surface area contributed by atoms with Crippen molar-refractivity contribution < 1.29 is 28.5 Å². The van der Waals surface area contributed by atoms with E-state index < -0.39 is 18.4 Å². The zero-order chi connectivity index (χ0) is 13.1. The molecule has 1 radical (unpaired) electrons. The van der Waals surface area contributed by atoms with Crippen LogP contribution in [0.2, 0.25) is 0 Å². The average Bonchev–Trinajstić information content (AvgIpc) is 2.26. The Labute approximate surface area is 101 Å². The van der Waals surface area contributed by atoms with Gasteiger partial charge in [0.1, 0.15) is 12.7 Å². The van der Waals surface area contributed by atoms with Crippen molar-refractivity contribution in [1.82, 2.24) is 0 Å². The second kappa shape index (κ2) is 9.74. The molecule has 17 heavy (non-hydrogen) atoms. The maximum atomic E-state index is 10.9. The van der Waals surface area contributed by atoms with E-state index in [0.717, 1.165) is 6.42 Å². The van der Waals surface area contributed by atoms with Crippen molar-refractivity contribution in [2.75, 3.05) is 19.8 Å². The fraction of sp³-hybridized carbons (Fsp3) is 0.727. The van der Waals surface area contributed by atoms with Crippen LogP contribution in [0.5, 0.6) is 0 Å². The van der Waals surface area contributed by atoms with Gasteiger partial charge in [-0.15, -0.1) is 0 Å². The van der Waals surface area contributed by atoms with Gasteiger partial charge < -0.3 is 18.9 Å². The van der Waals surface area contributed by atoms with Crippen molar-refractivity contribution in [3.05, 3.63) is 6.42 Å². The molecule has 0 heterocycles. The Morgan fingerprint density at radius 3 is 2.41 bits per heavy atom. The Kier molecular flexibility index (Phi) is 8.91. The van der Waals surface area contributed by atoms with Crippen molar-refractivity contribution >= 4 is 12.3 Å². The molecule has 0 spiro atoms. The molecule has 6 nitrogen and oxygen atoms in total. The third-order valence-electron chi connectivity index (χ3n) is 1.60. The summed E-state index contributed by atoms with van der Waals surface area (Å²) in [6, 6.07) is 0. The maximum Gasteiger partial charge on any atom is 0.508 e. The monoisotopic (exact) mass is 247 g/mol. The third-order valence-corrected chi connectivity index (χ3v) is 1.60. The summed E-state index contributed by atoms with van der Waals surface area (Å²) in [5.74, 6) is 0. The molecule has 0 rings (SSSR count). The van der Waals surface area contributed by atoms with Crippen LogP contribution in [0.15, 0.2) is 0 Å². The Morgan fingerprint density at radius 2 is 1.82 bits per heavy atom. The molecule has 0 saturated heterocycles. The summed E-state index contributed by atoms with van der Waals surface area (Å²) in [6.45, 7) is 5.80. The highest BCUT2D eigenvalue weighted by Gasteiger charge is 2.11.